The second-order valence-corrected chi connectivity index (χ2v) is 8.75. The Morgan fingerprint density at radius 1 is 1.21 bits per heavy atom. The fourth-order valence-corrected chi connectivity index (χ4v) is 4.16. The highest BCUT2D eigenvalue weighted by Gasteiger charge is 2.34. The van der Waals surface area contributed by atoms with Crippen molar-refractivity contribution in [3.63, 3.8) is 0 Å². The Kier molecular flexibility index (Phi) is 6.38. The highest BCUT2D eigenvalue weighted by Crippen LogP contribution is 2.35. The number of thiazole rings is 1. The summed E-state index contributed by atoms with van der Waals surface area (Å²) in [7, 11) is 1.80. The van der Waals surface area contributed by atoms with Crippen LogP contribution in [0, 0.1) is 0 Å². The lowest BCUT2D eigenvalue weighted by Gasteiger charge is -2.12. The molecule has 0 saturated carbocycles. The maximum absolute atomic E-state index is 13.0. The van der Waals surface area contributed by atoms with Gasteiger partial charge in [-0.15, -0.1) is 11.3 Å². The Bertz CT molecular complexity index is 1270. The summed E-state index contributed by atoms with van der Waals surface area (Å²) in [6.07, 6.45) is -1.34. The number of rotatable bonds is 5. The van der Waals surface area contributed by atoms with Crippen LogP contribution in [-0.2, 0) is 12.7 Å². The average Bonchev–Trinajstić information content (AvgIpc) is 3.40. The molecule has 178 valence electrons. The fourth-order valence-electron chi connectivity index (χ4n) is 3.13. The Labute approximate surface area is 199 Å². The number of pyridine rings is 1. The van der Waals surface area contributed by atoms with Crippen LogP contribution in [0.2, 0.25) is 5.02 Å². The van der Waals surface area contributed by atoms with E-state index in [0.717, 1.165) is 17.5 Å². The normalized spacial score (nSPS) is 14.3. The molecule has 1 atom stereocenters. The lowest BCUT2D eigenvalue weighted by atomic mass is 10.2. The zero-order valence-electron chi connectivity index (χ0n) is 17.6. The molecule has 1 aliphatic heterocycles. The van der Waals surface area contributed by atoms with Gasteiger partial charge in [-0.2, -0.15) is 13.2 Å². The Hall–Kier alpha value is -3.36. The van der Waals surface area contributed by atoms with Crippen molar-refractivity contribution in [3.8, 4) is 0 Å². The number of hydrazine groups is 1. The van der Waals surface area contributed by atoms with Crippen molar-refractivity contribution in [1.29, 1.82) is 0 Å². The predicted molar refractivity (Wildman–Crippen MR) is 117 cm³/mol. The van der Waals surface area contributed by atoms with E-state index in [9.17, 15) is 22.8 Å². The van der Waals surface area contributed by atoms with Gasteiger partial charge in [-0.3, -0.25) is 9.59 Å². The van der Waals surface area contributed by atoms with Crippen LogP contribution < -0.4 is 16.1 Å². The first kappa shape index (κ1) is 23.8. The van der Waals surface area contributed by atoms with Crippen LogP contribution in [0.1, 0.15) is 49.3 Å². The van der Waals surface area contributed by atoms with Crippen LogP contribution in [0.25, 0.3) is 0 Å². The highest BCUT2D eigenvalue weighted by molar-refractivity contribution is 7.13. The molecule has 0 aliphatic carbocycles. The summed E-state index contributed by atoms with van der Waals surface area (Å²) in [5, 5.41) is 6.67. The fraction of sp³-hybridized carbons (Fsp3) is 0.263. The minimum Gasteiger partial charge on any atom is -0.342 e. The molecule has 4 rings (SSSR count). The molecule has 4 heterocycles. The molecule has 3 N–H and O–H groups in total. The summed E-state index contributed by atoms with van der Waals surface area (Å²) in [6.45, 7) is 2.13. The van der Waals surface area contributed by atoms with Crippen molar-refractivity contribution in [2.45, 2.75) is 25.7 Å². The van der Waals surface area contributed by atoms with E-state index >= 15 is 0 Å². The van der Waals surface area contributed by atoms with E-state index in [2.05, 4.69) is 36.0 Å². The van der Waals surface area contributed by atoms with Gasteiger partial charge in [0.15, 0.2) is 0 Å². The molecule has 10 nitrogen and oxygen atoms in total. The van der Waals surface area contributed by atoms with Crippen LogP contribution in [0.15, 0.2) is 24.8 Å². The minimum atomic E-state index is -4.69. The number of nitrogens with one attached hydrogen (secondary N) is 3. The van der Waals surface area contributed by atoms with Crippen molar-refractivity contribution in [2.24, 2.45) is 0 Å². The quantitative estimate of drug-likeness (QED) is 0.474. The predicted octanol–water partition coefficient (Wildman–Crippen LogP) is 3.52. The van der Waals surface area contributed by atoms with Gasteiger partial charge in [0.25, 0.3) is 11.8 Å². The number of carbonyl (C=O) groups excluding carboxylic acids is 2. The number of alkyl halides is 3. The van der Waals surface area contributed by atoms with Crippen molar-refractivity contribution in [3.05, 3.63) is 56.5 Å². The molecule has 0 saturated heterocycles. The zero-order chi connectivity index (χ0) is 24.6. The third-order valence-electron chi connectivity index (χ3n) is 4.72. The highest BCUT2D eigenvalue weighted by atomic mass is 35.5. The molecule has 3 aromatic heterocycles. The maximum atomic E-state index is 13.0. The van der Waals surface area contributed by atoms with E-state index < -0.39 is 34.6 Å². The number of fused-ring (bicyclic) bond motifs is 1. The summed E-state index contributed by atoms with van der Waals surface area (Å²) in [6, 6.07) is 0.0829. The molecule has 0 unspecified atom stereocenters. The number of anilines is 2. The maximum Gasteiger partial charge on any atom is 0.418 e. The van der Waals surface area contributed by atoms with Gasteiger partial charge in [-0.25, -0.2) is 24.9 Å². The molecule has 34 heavy (non-hydrogen) atoms. The first-order valence-corrected chi connectivity index (χ1v) is 10.8. The molecule has 15 heteroatoms. The first-order valence-electron chi connectivity index (χ1n) is 9.65. The Balaban J connectivity index is 1.44. The van der Waals surface area contributed by atoms with Crippen molar-refractivity contribution in [1.82, 2.24) is 30.3 Å². The summed E-state index contributed by atoms with van der Waals surface area (Å²) >= 11 is 6.52. The number of nitrogens with zero attached hydrogens (tertiary/aromatic N) is 5. The number of carbonyl (C=O) groups is 2. The number of hydrogen-bond donors (Lipinski definition) is 3. The van der Waals surface area contributed by atoms with E-state index in [1.54, 1.807) is 19.0 Å². The van der Waals surface area contributed by atoms with Crippen molar-refractivity contribution >= 4 is 46.4 Å². The molecule has 0 fully saturated rings. The topological polar surface area (TPSA) is 125 Å². The molecule has 2 amide bonds. The Morgan fingerprint density at radius 2 is 1.97 bits per heavy atom. The van der Waals surface area contributed by atoms with Gasteiger partial charge in [0.05, 0.1) is 22.8 Å². The smallest absolute Gasteiger partial charge is 0.342 e. The van der Waals surface area contributed by atoms with Crippen LogP contribution in [0.3, 0.4) is 0 Å². The molecule has 0 radical (unpaired) electrons. The number of aromatic nitrogens is 4. The summed E-state index contributed by atoms with van der Waals surface area (Å²) in [4.78, 5) is 41.4. The molecule has 1 aliphatic rings. The van der Waals surface area contributed by atoms with Gasteiger partial charge in [0.1, 0.15) is 33.5 Å². The number of amides is 2. The lowest BCUT2D eigenvalue weighted by molar-refractivity contribution is -0.137. The third-order valence-corrected chi connectivity index (χ3v) is 6.20. The van der Waals surface area contributed by atoms with Crippen LogP contribution >= 0.6 is 22.9 Å². The van der Waals surface area contributed by atoms with Gasteiger partial charge >= 0.3 is 6.18 Å². The van der Waals surface area contributed by atoms with Crippen LogP contribution in [0.4, 0.5) is 24.8 Å². The van der Waals surface area contributed by atoms with Crippen LogP contribution in [-0.4, -0.2) is 43.8 Å². The molecule has 0 spiro atoms. The van der Waals surface area contributed by atoms with E-state index in [-0.39, 0.29) is 16.4 Å². The van der Waals surface area contributed by atoms with Crippen LogP contribution in [0.5, 0.6) is 0 Å². The molecule has 0 bridgehead atoms. The van der Waals surface area contributed by atoms with Gasteiger partial charge in [-0.05, 0) is 13.0 Å². The monoisotopic (exact) mass is 512 g/mol. The number of halogens is 4. The zero-order valence-corrected chi connectivity index (χ0v) is 19.1. The molecular weight excluding hydrogens is 497 g/mol. The molecular formula is C19H16ClF3N8O2S. The first-order chi connectivity index (χ1) is 16.0. The molecule has 0 aromatic carbocycles. The van der Waals surface area contributed by atoms with Gasteiger partial charge in [0, 0.05) is 25.4 Å². The van der Waals surface area contributed by atoms with E-state index in [1.165, 1.54) is 12.5 Å². The SMILES string of the molecule is C[C@@H](NC(=O)c1ncnc2c1CN(C)N2)c1ncc(C(=O)Nc2cc(C(F)(F)F)c(Cl)cn2)s1. The largest absolute Gasteiger partial charge is 0.418 e. The summed E-state index contributed by atoms with van der Waals surface area (Å²) in [5.41, 5.74) is 2.76. The number of hydrogen-bond acceptors (Lipinski definition) is 9. The average molecular weight is 513 g/mol. The third kappa shape index (κ3) is 4.93. The second-order valence-electron chi connectivity index (χ2n) is 7.28. The second kappa shape index (κ2) is 9.12. The summed E-state index contributed by atoms with van der Waals surface area (Å²) < 4.78 is 39.1. The van der Waals surface area contributed by atoms with Crippen molar-refractivity contribution in [2.75, 3.05) is 17.8 Å². The minimum absolute atomic E-state index is 0.121. The van der Waals surface area contributed by atoms with Gasteiger partial charge in [0.2, 0.25) is 0 Å². The van der Waals surface area contributed by atoms with E-state index in [4.69, 9.17) is 11.6 Å². The van der Waals surface area contributed by atoms with Gasteiger partial charge < -0.3 is 16.1 Å². The summed E-state index contributed by atoms with van der Waals surface area (Å²) in [5.74, 6) is -0.898. The lowest BCUT2D eigenvalue weighted by Crippen LogP contribution is -2.28. The van der Waals surface area contributed by atoms with Gasteiger partial charge in [-0.1, -0.05) is 11.6 Å². The molecule has 3 aromatic rings. The van der Waals surface area contributed by atoms with Crippen molar-refractivity contribution < 1.29 is 22.8 Å². The Morgan fingerprint density at radius 3 is 2.71 bits per heavy atom. The standard InChI is InChI=1S/C19H16ClF3N8O2S/c1-8(28-17(33)14-9-6-31(2)30-15(9)27-7-26-14)18-25-5-12(34-18)16(32)29-13-3-10(19(21,22)23)11(20)4-24-13/h3-5,7-8H,6H2,1-2H3,(H,28,33)(H,24,29,32)(H,26,27,30)/t8-/m1/s1. The van der Waals surface area contributed by atoms with E-state index in [1.807, 2.05) is 0 Å². The van der Waals surface area contributed by atoms with E-state index in [0.29, 0.717) is 29.0 Å².